The van der Waals surface area contributed by atoms with Crippen LogP contribution in [0.3, 0.4) is 0 Å². The van der Waals surface area contributed by atoms with Gasteiger partial charge >= 0.3 is 0 Å². The van der Waals surface area contributed by atoms with Crippen LogP contribution in [0.15, 0.2) is 24.3 Å². The molecule has 0 fully saturated rings. The van der Waals surface area contributed by atoms with Crippen molar-refractivity contribution < 1.29 is 4.79 Å². The zero-order chi connectivity index (χ0) is 13.0. The fourth-order valence-electron chi connectivity index (χ4n) is 2.46. The van der Waals surface area contributed by atoms with E-state index >= 15 is 0 Å². The quantitative estimate of drug-likeness (QED) is 0.826. The Morgan fingerprint density at radius 3 is 2.83 bits per heavy atom. The number of carbonyl (C=O) groups excluding carboxylic acids is 1. The summed E-state index contributed by atoms with van der Waals surface area (Å²) >= 11 is 4.38. The van der Waals surface area contributed by atoms with Crippen molar-refractivity contribution in [2.24, 2.45) is 5.92 Å². The number of fused-ring (bicyclic) bond motifs is 1. The fraction of sp³-hybridized carbons (Fsp3) is 0.533. The minimum Gasteiger partial charge on any atom is -0.312 e. The Morgan fingerprint density at radius 2 is 2.11 bits per heavy atom. The number of anilines is 1. The molecule has 0 saturated carbocycles. The molecule has 2 rings (SSSR count). The maximum atomic E-state index is 12.2. The summed E-state index contributed by atoms with van der Waals surface area (Å²) in [5.74, 6) is 1.58. The van der Waals surface area contributed by atoms with E-state index in [9.17, 15) is 4.79 Å². The molecule has 2 nitrogen and oxygen atoms in total. The summed E-state index contributed by atoms with van der Waals surface area (Å²) in [5, 5.41) is 0. The van der Waals surface area contributed by atoms with Gasteiger partial charge in [-0.15, -0.1) is 0 Å². The van der Waals surface area contributed by atoms with Gasteiger partial charge in [-0.3, -0.25) is 4.79 Å². The highest BCUT2D eigenvalue weighted by Crippen LogP contribution is 2.28. The van der Waals surface area contributed by atoms with E-state index in [4.69, 9.17) is 0 Å². The third-order valence-electron chi connectivity index (χ3n) is 3.70. The predicted molar refractivity (Wildman–Crippen MR) is 79.4 cm³/mol. The molecule has 1 heterocycles. The average Bonchev–Trinajstić information content (AvgIpc) is 2.55. The van der Waals surface area contributed by atoms with E-state index in [0.717, 1.165) is 37.2 Å². The monoisotopic (exact) mass is 263 g/mol. The van der Waals surface area contributed by atoms with Gasteiger partial charge in [0, 0.05) is 18.7 Å². The molecule has 0 spiro atoms. The molecule has 98 valence electrons. The van der Waals surface area contributed by atoms with Gasteiger partial charge < -0.3 is 4.90 Å². The Bertz CT molecular complexity index is 415. The van der Waals surface area contributed by atoms with Crippen molar-refractivity contribution >= 4 is 24.2 Å². The molecule has 1 aliphatic rings. The lowest BCUT2D eigenvalue weighted by molar-refractivity contribution is -0.118. The largest absolute Gasteiger partial charge is 0.312 e. The first-order chi connectivity index (χ1) is 8.76. The van der Waals surface area contributed by atoms with Crippen LogP contribution in [0.4, 0.5) is 5.69 Å². The highest BCUT2D eigenvalue weighted by Gasteiger charge is 2.23. The lowest BCUT2D eigenvalue weighted by atomic mass is 10.1. The zero-order valence-corrected chi connectivity index (χ0v) is 11.8. The molecule has 1 aromatic carbocycles. The lowest BCUT2D eigenvalue weighted by Crippen LogP contribution is -2.35. The van der Waals surface area contributed by atoms with Crippen LogP contribution in [0, 0.1) is 5.92 Å². The van der Waals surface area contributed by atoms with Gasteiger partial charge in [0.15, 0.2) is 0 Å². The second-order valence-electron chi connectivity index (χ2n) is 4.94. The molecular formula is C15H21NOS. The summed E-state index contributed by atoms with van der Waals surface area (Å²) in [5.41, 5.74) is 2.41. The number of rotatable bonds is 4. The Morgan fingerprint density at radius 1 is 1.33 bits per heavy atom. The second kappa shape index (κ2) is 6.28. The van der Waals surface area contributed by atoms with Gasteiger partial charge in [-0.25, -0.2) is 0 Å². The second-order valence-corrected chi connectivity index (χ2v) is 5.31. The molecular weight excluding hydrogens is 242 g/mol. The molecule has 18 heavy (non-hydrogen) atoms. The first-order valence-electron chi connectivity index (χ1n) is 6.75. The van der Waals surface area contributed by atoms with E-state index in [1.54, 1.807) is 0 Å². The summed E-state index contributed by atoms with van der Waals surface area (Å²) < 4.78 is 0. The number of nitrogens with zero attached hydrogens (tertiary/aromatic N) is 1. The summed E-state index contributed by atoms with van der Waals surface area (Å²) in [6, 6.07) is 8.29. The van der Waals surface area contributed by atoms with Crippen LogP contribution in [0.25, 0.3) is 0 Å². The van der Waals surface area contributed by atoms with E-state index in [1.807, 2.05) is 11.0 Å². The maximum absolute atomic E-state index is 12.2. The predicted octanol–water partition coefficient (Wildman–Crippen LogP) is 3.31. The fourth-order valence-corrected chi connectivity index (χ4v) is 2.83. The molecule has 1 amide bonds. The zero-order valence-electron chi connectivity index (χ0n) is 10.9. The summed E-state index contributed by atoms with van der Waals surface area (Å²) in [7, 11) is 0. The molecule has 1 atom stereocenters. The van der Waals surface area contributed by atoms with Crippen molar-refractivity contribution in [2.75, 3.05) is 17.2 Å². The Balaban J connectivity index is 2.28. The van der Waals surface area contributed by atoms with Crippen molar-refractivity contribution in [2.45, 2.75) is 32.6 Å². The highest BCUT2D eigenvalue weighted by atomic mass is 32.1. The van der Waals surface area contributed by atoms with Gasteiger partial charge in [-0.2, -0.15) is 12.6 Å². The minimum atomic E-state index is 0.264. The molecule has 3 heteroatoms. The first kappa shape index (κ1) is 13.5. The van der Waals surface area contributed by atoms with Gasteiger partial charge in [0.2, 0.25) is 5.91 Å². The number of amides is 1. The van der Waals surface area contributed by atoms with Crippen molar-refractivity contribution in [3.63, 3.8) is 0 Å². The summed E-state index contributed by atoms with van der Waals surface area (Å²) in [4.78, 5) is 14.2. The van der Waals surface area contributed by atoms with Crippen LogP contribution in [0.2, 0.25) is 0 Å². The third-order valence-corrected chi connectivity index (χ3v) is 4.21. The summed E-state index contributed by atoms with van der Waals surface area (Å²) in [6.07, 6.45) is 3.70. The molecule has 0 aliphatic carbocycles. The van der Waals surface area contributed by atoms with Crippen LogP contribution >= 0.6 is 12.6 Å². The molecule has 1 aliphatic heterocycles. The van der Waals surface area contributed by atoms with Gasteiger partial charge in [-0.1, -0.05) is 31.5 Å². The van der Waals surface area contributed by atoms with E-state index in [1.165, 1.54) is 5.56 Å². The molecule has 0 N–H and O–H groups in total. The maximum Gasteiger partial charge on any atom is 0.227 e. The van der Waals surface area contributed by atoms with Gasteiger partial charge in [-0.05, 0) is 36.1 Å². The van der Waals surface area contributed by atoms with E-state index in [-0.39, 0.29) is 5.91 Å². The van der Waals surface area contributed by atoms with Gasteiger partial charge in [0.05, 0.1) is 0 Å². The van der Waals surface area contributed by atoms with Gasteiger partial charge in [0.25, 0.3) is 0 Å². The van der Waals surface area contributed by atoms with E-state index in [0.29, 0.717) is 12.3 Å². The van der Waals surface area contributed by atoms with Crippen molar-refractivity contribution in [3.05, 3.63) is 29.8 Å². The highest BCUT2D eigenvalue weighted by molar-refractivity contribution is 7.80. The van der Waals surface area contributed by atoms with E-state index in [2.05, 4.69) is 37.8 Å². The number of para-hydroxylation sites is 1. The lowest BCUT2D eigenvalue weighted by Gasteiger charge is -2.26. The summed E-state index contributed by atoms with van der Waals surface area (Å²) in [6.45, 7) is 2.96. The number of hydrogen-bond acceptors (Lipinski definition) is 2. The van der Waals surface area contributed by atoms with Crippen molar-refractivity contribution in [3.8, 4) is 0 Å². The normalized spacial score (nSPS) is 17.2. The Kier molecular flexibility index (Phi) is 4.70. The average molecular weight is 263 g/mol. The molecule has 1 aromatic rings. The van der Waals surface area contributed by atoms with Crippen molar-refractivity contribution in [1.82, 2.24) is 0 Å². The molecule has 0 saturated heterocycles. The third kappa shape index (κ3) is 2.89. The van der Waals surface area contributed by atoms with Crippen LogP contribution in [-0.4, -0.2) is 18.2 Å². The van der Waals surface area contributed by atoms with Crippen LogP contribution < -0.4 is 4.90 Å². The van der Waals surface area contributed by atoms with Crippen molar-refractivity contribution in [1.29, 1.82) is 0 Å². The number of carbonyl (C=O) groups is 1. The topological polar surface area (TPSA) is 20.3 Å². The number of thiol groups is 1. The minimum absolute atomic E-state index is 0.264. The van der Waals surface area contributed by atoms with Crippen LogP contribution in [-0.2, 0) is 11.2 Å². The number of hydrogen-bond donors (Lipinski definition) is 1. The SMILES string of the molecule is CCC(CS)CN1C(=O)CCCc2ccccc21. The number of aryl methyl sites for hydroxylation is 1. The van der Waals surface area contributed by atoms with E-state index < -0.39 is 0 Å². The Labute approximate surface area is 115 Å². The molecule has 1 unspecified atom stereocenters. The smallest absolute Gasteiger partial charge is 0.227 e. The van der Waals surface area contributed by atoms with Crippen LogP contribution in [0.5, 0.6) is 0 Å². The first-order valence-corrected chi connectivity index (χ1v) is 7.38. The van der Waals surface area contributed by atoms with Gasteiger partial charge in [0.1, 0.15) is 0 Å². The standard InChI is InChI=1S/C15H21NOS/c1-2-12(11-18)10-16-14-8-4-3-6-13(14)7-5-9-15(16)17/h3-4,6,8,12,18H,2,5,7,9-11H2,1H3. The molecule has 0 bridgehead atoms. The van der Waals surface area contributed by atoms with Crippen LogP contribution in [0.1, 0.15) is 31.7 Å². The molecule has 0 radical (unpaired) electrons. The molecule has 0 aromatic heterocycles. The number of benzene rings is 1. The Hall–Kier alpha value is -0.960.